The van der Waals surface area contributed by atoms with Crippen molar-refractivity contribution in [3.8, 4) is 5.75 Å². The Labute approximate surface area is 141 Å². The molecule has 0 radical (unpaired) electrons. The molecule has 0 fully saturated rings. The van der Waals surface area contributed by atoms with Crippen LogP contribution in [0, 0.1) is 0 Å². The summed E-state index contributed by atoms with van der Waals surface area (Å²) in [6.07, 6.45) is 1.73. The van der Waals surface area contributed by atoms with Crippen LogP contribution >= 0.6 is 0 Å². The van der Waals surface area contributed by atoms with Crippen molar-refractivity contribution in [3.63, 3.8) is 0 Å². The highest BCUT2D eigenvalue weighted by molar-refractivity contribution is 5.91. The van der Waals surface area contributed by atoms with E-state index in [0.717, 1.165) is 12.8 Å². The molecule has 0 atom stereocenters. The molecule has 0 aliphatic heterocycles. The van der Waals surface area contributed by atoms with E-state index in [-0.39, 0.29) is 12.5 Å². The zero-order chi connectivity index (χ0) is 17.2. The number of amides is 1. The van der Waals surface area contributed by atoms with Gasteiger partial charge in [-0.3, -0.25) is 4.79 Å². The summed E-state index contributed by atoms with van der Waals surface area (Å²) in [6.45, 7) is 0.268. The molecular weight excluding hydrogens is 306 g/mol. The molecule has 0 saturated carbocycles. The third-order valence-corrected chi connectivity index (χ3v) is 3.47. The van der Waals surface area contributed by atoms with E-state index in [1.165, 1.54) is 5.56 Å². The summed E-state index contributed by atoms with van der Waals surface area (Å²) >= 11 is 0. The minimum atomic E-state index is -0.530. The molecule has 5 heteroatoms. The van der Waals surface area contributed by atoms with Gasteiger partial charge in [-0.2, -0.15) is 0 Å². The van der Waals surface area contributed by atoms with Gasteiger partial charge in [0.05, 0.1) is 12.7 Å². The smallest absolute Gasteiger partial charge is 0.338 e. The first kappa shape index (κ1) is 17.5. The largest absolute Gasteiger partial charge is 0.497 e. The van der Waals surface area contributed by atoms with Crippen LogP contribution in [0.2, 0.25) is 0 Å². The molecule has 0 heterocycles. The van der Waals surface area contributed by atoms with Crippen LogP contribution in [0.3, 0.4) is 0 Å². The van der Waals surface area contributed by atoms with Crippen molar-refractivity contribution >= 4 is 11.9 Å². The van der Waals surface area contributed by atoms with Crippen LogP contribution < -0.4 is 10.1 Å². The average molecular weight is 327 g/mol. The Hall–Kier alpha value is -2.82. The molecule has 0 aromatic heterocycles. The Morgan fingerprint density at radius 2 is 1.71 bits per heavy atom. The number of carbonyl (C=O) groups is 2. The first-order valence-electron chi connectivity index (χ1n) is 7.81. The highest BCUT2D eigenvalue weighted by Crippen LogP contribution is 2.11. The molecule has 1 amide bonds. The van der Waals surface area contributed by atoms with Crippen LogP contribution in [0.4, 0.5) is 0 Å². The SMILES string of the molecule is COc1ccc(C(=O)OCC(=O)NCCCc2ccccc2)cc1. The van der Waals surface area contributed by atoms with Gasteiger partial charge in [0, 0.05) is 6.54 Å². The molecule has 24 heavy (non-hydrogen) atoms. The van der Waals surface area contributed by atoms with Crippen molar-refractivity contribution in [3.05, 3.63) is 65.7 Å². The summed E-state index contributed by atoms with van der Waals surface area (Å²) in [5.41, 5.74) is 1.62. The van der Waals surface area contributed by atoms with Crippen LogP contribution in [0.1, 0.15) is 22.3 Å². The van der Waals surface area contributed by atoms with E-state index in [4.69, 9.17) is 9.47 Å². The summed E-state index contributed by atoms with van der Waals surface area (Å²) in [6, 6.07) is 16.6. The van der Waals surface area contributed by atoms with E-state index in [9.17, 15) is 9.59 Å². The number of benzene rings is 2. The van der Waals surface area contributed by atoms with E-state index in [1.54, 1.807) is 31.4 Å². The third-order valence-electron chi connectivity index (χ3n) is 3.47. The number of methoxy groups -OCH3 is 1. The van der Waals surface area contributed by atoms with Gasteiger partial charge >= 0.3 is 5.97 Å². The molecule has 0 spiro atoms. The predicted octanol–water partition coefficient (Wildman–Crippen LogP) is 2.60. The second kappa shape index (κ2) is 9.35. The van der Waals surface area contributed by atoms with Crippen molar-refractivity contribution in [1.82, 2.24) is 5.32 Å². The van der Waals surface area contributed by atoms with Gasteiger partial charge in [0.2, 0.25) is 0 Å². The molecule has 1 N–H and O–H groups in total. The monoisotopic (exact) mass is 327 g/mol. The first-order valence-corrected chi connectivity index (χ1v) is 7.81. The standard InChI is InChI=1S/C19H21NO4/c1-23-17-11-9-16(10-12-17)19(22)24-14-18(21)20-13-5-8-15-6-3-2-4-7-15/h2-4,6-7,9-12H,5,8,13-14H2,1H3,(H,20,21). The molecule has 2 rings (SSSR count). The molecule has 5 nitrogen and oxygen atoms in total. The number of carbonyl (C=O) groups excluding carboxylic acids is 2. The number of hydrogen-bond donors (Lipinski definition) is 1. The molecule has 2 aromatic rings. The maximum Gasteiger partial charge on any atom is 0.338 e. The van der Waals surface area contributed by atoms with Crippen molar-refractivity contribution in [2.24, 2.45) is 0 Å². The van der Waals surface area contributed by atoms with E-state index >= 15 is 0 Å². The lowest BCUT2D eigenvalue weighted by Crippen LogP contribution is -2.29. The molecular formula is C19H21NO4. The fourth-order valence-electron chi connectivity index (χ4n) is 2.16. The molecule has 126 valence electrons. The summed E-state index contributed by atoms with van der Waals surface area (Å²) in [7, 11) is 1.55. The first-order chi connectivity index (χ1) is 11.7. The quantitative estimate of drug-likeness (QED) is 0.598. The summed E-state index contributed by atoms with van der Waals surface area (Å²) in [5.74, 6) is -0.176. The van der Waals surface area contributed by atoms with Gasteiger partial charge in [-0.25, -0.2) is 4.79 Å². The van der Waals surface area contributed by atoms with Gasteiger partial charge in [-0.1, -0.05) is 30.3 Å². The zero-order valence-electron chi connectivity index (χ0n) is 13.7. The van der Waals surface area contributed by atoms with Gasteiger partial charge in [-0.15, -0.1) is 0 Å². The second-order valence-electron chi connectivity index (χ2n) is 5.24. The van der Waals surface area contributed by atoms with Crippen molar-refractivity contribution in [1.29, 1.82) is 0 Å². The normalized spacial score (nSPS) is 10.0. The summed E-state index contributed by atoms with van der Waals surface area (Å²) in [5, 5.41) is 2.74. The maximum atomic E-state index is 11.8. The highest BCUT2D eigenvalue weighted by atomic mass is 16.5. The van der Waals surface area contributed by atoms with Gasteiger partial charge in [-0.05, 0) is 42.7 Å². The maximum absolute atomic E-state index is 11.8. The van der Waals surface area contributed by atoms with Crippen molar-refractivity contribution < 1.29 is 19.1 Å². The highest BCUT2D eigenvalue weighted by Gasteiger charge is 2.10. The van der Waals surface area contributed by atoms with Crippen LogP contribution in [-0.4, -0.2) is 32.1 Å². The van der Waals surface area contributed by atoms with Gasteiger partial charge < -0.3 is 14.8 Å². The average Bonchev–Trinajstić information content (AvgIpc) is 2.64. The Bertz CT molecular complexity index is 653. The van der Waals surface area contributed by atoms with Crippen LogP contribution in [-0.2, 0) is 16.0 Å². The van der Waals surface area contributed by atoms with Crippen molar-refractivity contribution in [2.45, 2.75) is 12.8 Å². The third kappa shape index (κ3) is 5.76. The molecule has 2 aromatic carbocycles. The summed E-state index contributed by atoms with van der Waals surface area (Å²) in [4.78, 5) is 23.5. The lowest BCUT2D eigenvalue weighted by molar-refractivity contribution is -0.124. The van der Waals surface area contributed by atoms with Crippen LogP contribution in [0.5, 0.6) is 5.75 Å². The molecule has 0 bridgehead atoms. The molecule has 0 aliphatic rings. The lowest BCUT2D eigenvalue weighted by Gasteiger charge is -2.07. The minimum absolute atomic E-state index is 0.282. The number of nitrogens with one attached hydrogen (secondary N) is 1. The topological polar surface area (TPSA) is 64.6 Å². The van der Waals surface area contributed by atoms with Crippen LogP contribution in [0.25, 0.3) is 0 Å². The number of rotatable bonds is 8. The molecule has 0 saturated heterocycles. The Kier molecular flexibility index (Phi) is 6.83. The number of hydrogen-bond acceptors (Lipinski definition) is 4. The fourth-order valence-corrected chi connectivity index (χ4v) is 2.16. The van der Waals surface area contributed by atoms with E-state index < -0.39 is 5.97 Å². The summed E-state index contributed by atoms with van der Waals surface area (Å²) < 4.78 is 10.0. The van der Waals surface area contributed by atoms with E-state index in [0.29, 0.717) is 17.9 Å². The predicted molar refractivity (Wildman–Crippen MR) is 91.0 cm³/mol. The van der Waals surface area contributed by atoms with Gasteiger partial charge in [0.15, 0.2) is 6.61 Å². The lowest BCUT2D eigenvalue weighted by atomic mass is 10.1. The second-order valence-corrected chi connectivity index (χ2v) is 5.24. The Balaban J connectivity index is 1.64. The van der Waals surface area contributed by atoms with E-state index in [2.05, 4.69) is 17.4 Å². The van der Waals surface area contributed by atoms with Crippen LogP contribution in [0.15, 0.2) is 54.6 Å². The number of ether oxygens (including phenoxy) is 2. The van der Waals surface area contributed by atoms with Gasteiger partial charge in [0.1, 0.15) is 5.75 Å². The molecule has 0 aliphatic carbocycles. The Morgan fingerprint density at radius 1 is 1.00 bits per heavy atom. The van der Waals surface area contributed by atoms with Gasteiger partial charge in [0.25, 0.3) is 5.91 Å². The van der Waals surface area contributed by atoms with E-state index in [1.807, 2.05) is 18.2 Å². The fraction of sp³-hybridized carbons (Fsp3) is 0.263. The minimum Gasteiger partial charge on any atom is -0.497 e. The Morgan fingerprint density at radius 3 is 2.38 bits per heavy atom. The van der Waals surface area contributed by atoms with Crippen molar-refractivity contribution in [2.75, 3.05) is 20.3 Å². The number of esters is 1. The molecule has 0 unspecified atom stereocenters. The zero-order valence-corrected chi connectivity index (χ0v) is 13.7. The number of aryl methyl sites for hydroxylation is 1.